The van der Waals surface area contributed by atoms with E-state index in [1.54, 1.807) is 0 Å². The molecule has 2 heteroatoms. The van der Waals surface area contributed by atoms with E-state index in [1.165, 1.54) is 22.4 Å². The van der Waals surface area contributed by atoms with Crippen LogP contribution >= 0.6 is 11.8 Å². The molecule has 0 bridgehead atoms. The van der Waals surface area contributed by atoms with Gasteiger partial charge in [-0.25, -0.2) is 0 Å². The molecule has 0 aliphatic carbocycles. The molecule has 0 heterocycles. The average Bonchev–Trinajstić information content (AvgIpc) is 2.26. The van der Waals surface area contributed by atoms with Crippen LogP contribution in [-0.2, 0) is 5.75 Å². The van der Waals surface area contributed by atoms with Gasteiger partial charge in [-0.05, 0) is 31.9 Å². The van der Waals surface area contributed by atoms with E-state index in [9.17, 15) is 0 Å². The summed E-state index contributed by atoms with van der Waals surface area (Å²) in [7, 11) is 0. The van der Waals surface area contributed by atoms with Crippen LogP contribution in [0.15, 0.2) is 18.2 Å². The highest BCUT2D eigenvalue weighted by atomic mass is 32.2. The zero-order valence-corrected chi connectivity index (χ0v) is 13.2. The molecule has 0 spiro atoms. The lowest BCUT2D eigenvalue weighted by atomic mass is 10.1. The fraction of sp³-hybridized carbons (Fsp3) is 0.625. The van der Waals surface area contributed by atoms with Gasteiger partial charge in [0.25, 0.3) is 0 Å². The van der Waals surface area contributed by atoms with Crippen molar-refractivity contribution in [1.29, 1.82) is 0 Å². The largest absolute Gasteiger partial charge is 0.313 e. The van der Waals surface area contributed by atoms with Crippen LogP contribution in [0.25, 0.3) is 0 Å². The highest BCUT2D eigenvalue weighted by Gasteiger charge is 2.11. The normalized spacial score (nSPS) is 13.0. The summed E-state index contributed by atoms with van der Waals surface area (Å²) in [6, 6.07) is 7.48. The minimum Gasteiger partial charge on any atom is -0.313 e. The van der Waals surface area contributed by atoms with Gasteiger partial charge in [0.1, 0.15) is 0 Å². The van der Waals surface area contributed by atoms with Crippen LogP contribution in [0.1, 0.15) is 37.5 Å². The molecule has 1 atom stereocenters. The fourth-order valence-electron chi connectivity index (χ4n) is 2.21. The topological polar surface area (TPSA) is 12.0 Å². The molecule has 1 nitrogen and oxygen atoms in total. The lowest BCUT2D eigenvalue weighted by molar-refractivity contribution is 0.443. The van der Waals surface area contributed by atoms with Crippen LogP contribution in [0, 0.1) is 19.8 Å². The first-order chi connectivity index (χ1) is 8.52. The molecule has 0 aromatic heterocycles. The van der Waals surface area contributed by atoms with Crippen molar-refractivity contribution in [3.05, 3.63) is 34.9 Å². The van der Waals surface area contributed by atoms with Crippen LogP contribution in [0.2, 0.25) is 0 Å². The van der Waals surface area contributed by atoms with Crippen molar-refractivity contribution >= 4 is 11.8 Å². The summed E-state index contributed by atoms with van der Waals surface area (Å²) in [6.45, 7) is 12.2. The predicted octanol–water partition coefficient (Wildman–Crippen LogP) is 4.17. The Morgan fingerprint density at radius 2 is 1.72 bits per heavy atom. The van der Waals surface area contributed by atoms with Crippen molar-refractivity contribution in [2.24, 2.45) is 5.92 Å². The Labute approximate surface area is 117 Å². The molecule has 0 fully saturated rings. The monoisotopic (exact) mass is 265 g/mol. The first-order valence-electron chi connectivity index (χ1n) is 6.91. The zero-order valence-electron chi connectivity index (χ0n) is 12.4. The second-order valence-electron chi connectivity index (χ2n) is 5.42. The van der Waals surface area contributed by atoms with Crippen molar-refractivity contribution in [2.75, 3.05) is 12.3 Å². The Balaban J connectivity index is 2.44. The van der Waals surface area contributed by atoms with Gasteiger partial charge in [-0.1, -0.05) is 50.1 Å². The summed E-state index contributed by atoms with van der Waals surface area (Å²) >= 11 is 2.04. The van der Waals surface area contributed by atoms with Crippen molar-refractivity contribution < 1.29 is 0 Å². The molecule has 0 radical (unpaired) electrons. The summed E-state index contributed by atoms with van der Waals surface area (Å²) in [5, 5.41) is 3.57. The van der Waals surface area contributed by atoms with E-state index in [0.29, 0.717) is 12.0 Å². The van der Waals surface area contributed by atoms with Crippen LogP contribution in [-0.4, -0.2) is 18.3 Å². The smallest absolute Gasteiger partial charge is 0.0185 e. The van der Waals surface area contributed by atoms with Gasteiger partial charge in [-0.2, -0.15) is 11.8 Å². The Morgan fingerprint density at radius 1 is 1.11 bits per heavy atom. The maximum absolute atomic E-state index is 3.57. The second kappa shape index (κ2) is 7.85. The zero-order chi connectivity index (χ0) is 13.5. The van der Waals surface area contributed by atoms with E-state index >= 15 is 0 Å². The van der Waals surface area contributed by atoms with E-state index in [1.807, 2.05) is 11.8 Å². The Morgan fingerprint density at radius 3 is 2.22 bits per heavy atom. The number of rotatable bonds is 7. The van der Waals surface area contributed by atoms with Crippen molar-refractivity contribution in [3.8, 4) is 0 Å². The number of thioether (sulfide) groups is 1. The number of hydrogen-bond donors (Lipinski definition) is 1. The maximum Gasteiger partial charge on any atom is 0.0185 e. The molecular weight excluding hydrogens is 238 g/mol. The van der Waals surface area contributed by atoms with Gasteiger partial charge < -0.3 is 5.32 Å². The fourth-order valence-corrected chi connectivity index (χ4v) is 3.48. The summed E-state index contributed by atoms with van der Waals surface area (Å²) in [5.41, 5.74) is 4.20. The molecule has 0 amide bonds. The summed E-state index contributed by atoms with van der Waals surface area (Å²) in [5.74, 6) is 3.02. The quantitative estimate of drug-likeness (QED) is 0.794. The predicted molar refractivity (Wildman–Crippen MR) is 84.4 cm³/mol. The van der Waals surface area contributed by atoms with Crippen LogP contribution in [0.3, 0.4) is 0 Å². The molecule has 18 heavy (non-hydrogen) atoms. The molecule has 102 valence electrons. The van der Waals surface area contributed by atoms with E-state index in [-0.39, 0.29) is 0 Å². The van der Waals surface area contributed by atoms with Crippen LogP contribution in [0.4, 0.5) is 0 Å². The molecule has 0 saturated carbocycles. The van der Waals surface area contributed by atoms with Gasteiger partial charge in [0.15, 0.2) is 0 Å². The molecule has 1 aromatic rings. The Kier molecular flexibility index (Phi) is 6.80. The third kappa shape index (κ3) is 5.45. The first-order valence-corrected chi connectivity index (χ1v) is 8.06. The van der Waals surface area contributed by atoms with Gasteiger partial charge in [0, 0.05) is 17.5 Å². The molecule has 0 aliphatic rings. The summed E-state index contributed by atoms with van der Waals surface area (Å²) in [6.07, 6.45) is 0. The minimum atomic E-state index is 0.630. The van der Waals surface area contributed by atoms with Crippen LogP contribution < -0.4 is 5.32 Å². The molecule has 0 aliphatic heterocycles. The van der Waals surface area contributed by atoms with Crippen molar-refractivity contribution in [1.82, 2.24) is 5.32 Å². The van der Waals surface area contributed by atoms with Crippen molar-refractivity contribution in [3.63, 3.8) is 0 Å². The van der Waals surface area contributed by atoms with E-state index in [2.05, 4.69) is 58.1 Å². The van der Waals surface area contributed by atoms with Crippen molar-refractivity contribution in [2.45, 2.75) is 46.4 Å². The lowest BCUT2D eigenvalue weighted by Crippen LogP contribution is -2.35. The molecule has 0 saturated heterocycles. The van der Waals surface area contributed by atoms with E-state index in [4.69, 9.17) is 0 Å². The van der Waals surface area contributed by atoms with Crippen LogP contribution in [0.5, 0.6) is 0 Å². The minimum absolute atomic E-state index is 0.630. The number of nitrogens with one attached hydrogen (secondary N) is 1. The molecule has 1 rings (SSSR count). The summed E-state index contributed by atoms with van der Waals surface area (Å²) < 4.78 is 0. The average molecular weight is 265 g/mol. The first kappa shape index (κ1) is 15.6. The third-order valence-corrected chi connectivity index (χ3v) is 4.25. The number of benzene rings is 1. The van der Waals surface area contributed by atoms with Gasteiger partial charge in [0.2, 0.25) is 0 Å². The highest BCUT2D eigenvalue weighted by Crippen LogP contribution is 2.18. The molecular formula is C16H27NS. The Bertz CT molecular complexity index is 340. The van der Waals surface area contributed by atoms with E-state index < -0.39 is 0 Å². The SMILES string of the molecule is CCNC(CSCc1cc(C)cc(C)c1)C(C)C. The highest BCUT2D eigenvalue weighted by molar-refractivity contribution is 7.98. The maximum atomic E-state index is 3.57. The van der Waals surface area contributed by atoms with Gasteiger partial charge in [0.05, 0.1) is 0 Å². The number of aryl methyl sites for hydroxylation is 2. The van der Waals surface area contributed by atoms with E-state index in [0.717, 1.165) is 12.3 Å². The molecule has 1 aromatic carbocycles. The summed E-state index contributed by atoms with van der Waals surface area (Å²) in [4.78, 5) is 0. The Hall–Kier alpha value is -0.470. The van der Waals surface area contributed by atoms with Gasteiger partial charge in [-0.3, -0.25) is 0 Å². The van der Waals surface area contributed by atoms with Gasteiger partial charge in [-0.15, -0.1) is 0 Å². The lowest BCUT2D eigenvalue weighted by Gasteiger charge is -2.21. The second-order valence-corrected chi connectivity index (χ2v) is 6.45. The molecule has 1 unspecified atom stereocenters. The standard InChI is InChI=1S/C16H27NS/c1-6-17-16(12(2)3)11-18-10-15-8-13(4)7-14(5)9-15/h7-9,12,16-17H,6,10-11H2,1-5H3. The third-order valence-electron chi connectivity index (χ3n) is 3.12. The number of hydrogen-bond acceptors (Lipinski definition) is 2. The van der Waals surface area contributed by atoms with Gasteiger partial charge >= 0.3 is 0 Å². The molecule has 1 N–H and O–H groups in total.